The van der Waals surface area contributed by atoms with Gasteiger partial charge in [0, 0.05) is 12.0 Å². The van der Waals surface area contributed by atoms with E-state index in [1.165, 1.54) is 4.79 Å². The lowest BCUT2D eigenvalue weighted by molar-refractivity contribution is -0.118. The van der Waals surface area contributed by atoms with Crippen LogP contribution in [-0.2, 0) is 4.79 Å². The van der Waals surface area contributed by atoms with Gasteiger partial charge in [0.1, 0.15) is 5.82 Å². The van der Waals surface area contributed by atoms with Crippen LogP contribution in [-0.4, -0.2) is 15.8 Å². The predicted octanol–water partition coefficient (Wildman–Crippen LogP) is 0.191. The summed E-state index contributed by atoms with van der Waals surface area (Å²) in [5.41, 5.74) is 8.15. The molecule has 0 radical (unpaired) electrons. The highest BCUT2D eigenvalue weighted by Crippen LogP contribution is 2.37. The van der Waals surface area contributed by atoms with Crippen molar-refractivity contribution in [3.8, 4) is 0 Å². The van der Waals surface area contributed by atoms with E-state index < -0.39 is 0 Å². The standard InChI is InChI=1S/C8H12N4O/c1-5-4-6(5)8(13)11-12-7(9)2-3-10-12/h2-3,5-6H,4,9H2,1H3,(H,11,13). The highest BCUT2D eigenvalue weighted by molar-refractivity contribution is 5.88. The summed E-state index contributed by atoms with van der Waals surface area (Å²) in [6, 6.07) is 1.64. The smallest absolute Gasteiger partial charge is 0.243 e. The van der Waals surface area contributed by atoms with Crippen molar-refractivity contribution in [2.75, 3.05) is 11.2 Å². The van der Waals surface area contributed by atoms with Crippen LogP contribution in [0.15, 0.2) is 12.3 Å². The van der Waals surface area contributed by atoms with Gasteiger partial charge in [0.05, 0.1) is 6.20 Å². The molecule has 70 valence electrons. The minimum absolute atomic E-state index is 0.00269. The van der Waals surface area contributed by atoms with E-state index in [4.69, 9.17) is 5.73 Å². The van der Waals surface area contributed by atoms with Crippen LogP contribution >= 0.6 is 0 Å². The number of carbonyl (C=O) groups is 1. The largest absolute Gasteiger partial charge is 0.382 e. The van der Waals surface area contributed by atoms with Crippen LogP contribution in [0.25, 0.3) is 0 Å². The number of nitrogen functional groups attached to an aromatic ring is 1. The Morgan fingerprint density at radius 1 is 1.85 bits per heavy atom. The van der Waals surface area contributed by atoms with Gasteiger partial charge in [-0.1, -0.05) is 6.92 Å². The van der Waals surface area contributed by atoms with Gasteiger partial charge < -0.3 is 5.73 Å². The number of rotatable bonds is 2. The first-order chi connectivity index (χ1) is 6.18. The molecule has 0 aliphatic heterocycles. The van der Waals surface area contributed by atoms with Gasteiger partial charge in [0.25, 0.3) is 0 Å². The Morgan fingerprint density at radius 2 is 2.54 bits per heavy atom. The zero-order valence-corrected chi connectivity index (χ0v) is 7.40. The summed E-state index contributed by atoms with van der Waals surface area (Å²) in [5.74, 6) is 1.09. The molecule has 2 unspecified atom stereocenters. The number of nitrogens with zero attached hydrogens (tertiary/aromatic N) is 2. The van der Waals surface area contributed by atoms with Gasteiger partial charge in [-0.05, 0) is 12.3 Å². The van der Waals surface area contributed by atoms with E-state index >= 15 is 0 Å². The number of aromatic nitrogens is 2. The van der Waals surface area contributed by atoms with Crippen LogP contribution in [0.4, 0.5) is 5.82 Å². The maximum atomic E-state index is 11.4. The summed E-state index contributed by atoms with van der Waals surface area (Å²) in [4.78, 5) is 12.7. The molecule has 1 aromatic heterocycles. The highest BCUT2D eigenvalue weighted by Gasteiger charge is 2.39. The van der Waals surface area contributed by atoms with Crippen LogP contribution in [0.3, 0.4) is 0 Å². The molecule has 2 atom stereocenters. The molecule has 13 heavy (non-hydrogen) atoms. The number of hydrogen-bond acceptors (Lipinski definition) is 3. The molecule has 3 N–H and O–H groups in total. The summed E-state index contributed by atoms with van der Waals surface area (Å²) in [5, 5.41) is 3.85. The molecular formula is C8H12N4O. The summed E-state index contributed by atoms with van der Waals surface area (Å²) >= 11 is 0. The molecule has 1 amide bonds. The molecule has 1 aliphatic carbocycles. The van der Waals surface area contributed by atoms with Gasteiger partial charge >= 0.3 is 0 Å². The van der Waals surface area contributed by atoms with Crippen molar-refractivity contribution in [3.63, 3.8) is 0 Å². The fraction of sp³-hybridized carbons (Fsp3) is 0.500. The van der Waals surface area contributed by atoms with Crippen molar-refractivity contribution in [2.45, 2.75) is 13.3 Å². The first kappa shape index (κ1) is 8.10. The second kappa shape index (κ2) is 2.76. The molecule has 1 fully saturated rings. The molecule has 0 saturated heterocycles. The average molecular weight is 180 g/mol. The molecule has 2 rings (SSSR count). The van der Waals surface area contributed by atoms with E-state index in [-0.39, 0.29) is 11.8 Å². The Balaban J connectivity index is 1.99. The Hall–Kier alpha value is -1.52. The fourth-order valence-electron chi connectivity index (χ4n) is 1.28. The lowest BCUT2D eigenvalue weighted by atomic mass is 10.3. The van der Waals surface area contributed by atoms with Crippen LogP contribution < -0.4 is 11.2 Å². The monoisotopic (exact) mass is 180 g/mol. The van der Waals surface area contributed by atoms with Gasteiger partial charge in [-0.3, -0.25) is 4.79 Å². The van der Waals surface area contributed by atoms with Gasteiger partial charge in [0.15, 0.2) is 0 Å². The first-order valence-corrected chi connectivity index (χ1v) is 4.29. The van der Waals surface area contributed by atoms with Crippen molar-refractivity contribution < 1.29 is 4.79 Å². The lowest BCUT2D eigenvalue weighted by Gasteiger charge is -2.04. The Labute approximate surface area is 75.9 Å². The molecule has 1 aromatic rings. The normalized spacial score (nSPS) is 25.6. The summed E-state index contributed by atoms with van der Waals surface area (Å²) in [6.45, 7) is 2.05. The zero-order chi connectivity index (χ0) is 9.42. The second-order valence-electron chi connectivity index (χ2n) is 3.46. The van der Waals surface area contributed by atoms with Gasteiger partial charge in [-0.15, -0.1) is 0 Å². The zero-order valence-electron chi connectivity index (χ0n) is 7.40. The third-order valence-corrected chi connectivity index (χ3v) is 2.33. The molecule has 0 spiro atoms. The number of nitrogens with one attached hydrogen (secondary N) is 1. The molecule has 5 heteroatoms. The number of carbonyl (C=O) groups excluding carboxylic acids is 1. The molecule has 1 heterocycles. The first-order valence-electron chi connectivity index (χ1n) is 4.29. The minimum Gasteiger partial charge on any atom is -0.382 e. The maximum Gasteiger partial charge on any atom is 0.243 e. The van der Waals surface area contributed by atoms with E-state index in [2.05, 4.69) is 17.4 Å². The van der Waals surface area contributed by atoms with Crippen molar-refractivity contribution in [3.05, 3.63) is 12.3 Å². The van der Waals surface area contributed by atoms with Crippen LogP contribution in [0, 0.1) is 11.8 Å². The molecular weight excluding hydrogens is 168 g/mol. The summed E-state index contributed by atoms with van der Waals surface area (Å²) in [6.07, 6.45) is 2.51. The van der Waals surface area contributed by atoms with E-state index in [0.29, 0.717) is 11.7 Å². The topological polar surface area (TPSA) is 72.9 Å². The summed E-state index contributed by atoms with van der Waals surface area (Å²) in [7, 11) is 0. The Kier molecular flexibility index (Phi) is 1.72. The van der Waals surface area contributed by atoms with E-state index in [0.717, 1.165) is 6.42 Å². The van der Waals surface area contributed by atoms with Gasteiger partial charge in [-0.25, -0.2) is 5.43 Å². The number of hydrogen-bond donors (Lipinski definition) is 2. The quantitative estimate of drug-likeness (QED) is 0.682. The van der Waals surface area contributed by atoms with Crippen LogP contribution in [0.5, 0.6) is 0 Å². The van der Waals surface area contributed by atoms with Gasteiger partial charge in [0.2, 0.25) is 5.91 Å². The SMILES string of the molecule is CC1CC1C(=O)Nn1nccc1N. The fourth-order valence-corrected chi connectivity index (χ4v) is 1.28. The lowest BCUT2D eigenvalue weighted by Crippen LogP contribution is -2.26. The van der Waals surface area contributed by atoms with Crippen molar-refractivity contribution in [2.24, 2.45) is 11.8 Å². The van der Waals surface area contributed by atoms with Crippen LogP contribution in [0.2, 0.25) is 0 Å². The Morgan fingerprint density at radius 3 is 3.00 bits per heavy atom. The third-order valence-electron chi connectivity index (χ3n) is 2.33. The Bertz CT molecular complexity index is 333. The molecule has 1 saturated carbocycles. The molecule has 1 aliphatic rings. The van der Waals surface area contributed by atoms with E-state index in [1.807, 2.05) is 0 Å². The number of nitrogens with two attached hydrogens (primary N) is 1. The van der Waals surface area contributed by atoms with E-state index in [9.17, 15) is 4.79 Å². The second-order valence-corrected chi connectivity index (χ2v) is 3.46. The van der Waals surface area contributed by atoms with Gasteiger partial charge in [-0.2, -0.15) is 9.89 Å². The van der Waals surface area contributed by atoms with E-state index in [1.54, 1.807) is 12.3 Å². The summed E-state index contributed by atoms with van der Waals surface area (Å²) < 4.78 is 0. The molecule has 0 bridgehead atoms. The average Bonchev–Trinajstić information content (AvgIpc) is 2.68. The third kappa shape index (κ3) is 1.49. The molecule has 5 nitrogen and oxygen atoms in total. The highest BCUT2D eigenvalue weighted by atomic mass is 16.2. The van der Waals surface area contributed by atoms with Crippen molar-refractivity contribution in [1.82, 2.24) is 9.89 Å². The van der Waals surface area contributed by atoms with Crippen molar-refractivity contribution in [1.29, 1.82) is 0 Å². The predicted molar refractivity (Wildman–Crippen MR) is 48.3 cm³/mol. The van der Waals surface area contributed by atoms with Crippen LogP contribution in [0.1, 0.15) is 13.3 Å². The number of anilines is 1. The minimum atomic E-state index is 0.00269. The van der Waals surface area contributed by atoms with Crippen molar-refractivity contribution >= 4 is 11.7 Å². The maximum absolute atomic E-state index is 11.4. The number of amides is 1. The molecule has 0 aromatic carbocycles.